The van der Waals surface area contributed by atoms with Crippen LogP contribution in [0.4, 0.5) is 0 Å². The van der Waals surface area contributed by atoms with E-state index in [2.05, 4.69) is 19.2 Å². The third-order valence-corrected chi connectivity index (χ3v) is 4.54. The average Bonchev–Trinajstić information content (AvgIpc) is 2.83. The van der Waals surface area contributed by atoms with Crippen LogP contribution in [0.5, 0.6) is 0 Å². The molecule has 4 unspecified atom stereocenters. The van der Waals surface area contributed by atoms with E-state index in [1.165, 1.54) is 12.8 Å². The molecule has 0 aromatic heterocycles. The zero-order valence-electron chi connectivity index (χ0n) is 11.0. The molecular formula is C14H25NO2. The maximum absolute atomic E-state index is 11.3. The molecule has 2 saturated carbocycles. The van der Waals surface area contributed by atoms with Gasteiger partial charge in [0.15, 0.2) is 0 Å². The van der Waals surface area contributed by atoms with E-state index < -0.39 is 5.97 Å². The fourth-order valence-corrected chi connectivity index (χ4v) is 3.72. The molecule has 98 valence electrons. The molecule has 3 heteroatoms. The predicted molar refractivity (Wildman–Crippen MR) is 67.8 cm³/mol. The summed E-state index contributed by atoms with van der Waals surface area (Å²) in [7, 11) is 0. The number of rotatable bonds is 6. The lowest BCUT2D eigenvalue weighted by Gasteiger charge is -2.29. The second-order valence-corrected chi connectivity index (χ2v) is 6.21. The van der Waals surface area contributed by atoms with Crippen molar-refractivity contribution in [3.05, 3.63) is 0 Å². The monoisotopic (exact) mass is 239 g/mol. The quantitative estimate of drug-likeness (QED) is 0.700. The molecule has 4 atom stereocenters. The van der Waals surface area contributed by atoms with Gasteiger partial charge >= 0.3 is 5.97 Å². The molecule has 0 saturated heterocycles. The van der Waals surface area contributed by atoms with Crippen molar-refractivity contribution < 1.29 is 9.90 Å². The van der Waals surface area contributed by atoms with Gasteiger partial charge in [-0.05, 0) is 56.4 Å². The van der Waals surface area contributed by atoms with Gasteiger partial charge in [-0.1, -0.05) is 13.8 Å². The Morgan fingerprint density at radius 2 is 2.06 bits per heavy atom. The molecule has 2 aliphatic carbocycles. The number of carboxylic acid groups (broad SMARTS) is 1. The van der Waals surface area contributed by atoms with Gasteiger partial charge in [0.2, 0.25) is 0 Å². The van der Waals surface area contributed by atoms with Crippen LogP contribution in [-0.2, 0) is 4.79 Å². The molecule has 0 radical (unpaired) electrons. The zero-order valence-corrected chi connectivity index (χ0v) is 11.0. The lowest BCUT2D eigenvalue weighted by atomic mass is 9.84. The predicted octanol–water partition coefficient (Wildman–Crippen LogP) is 2.51. The highest BCUT2D eigenvalue weighted by Crippen LogP contribution is 2.48. The normalized spacial score (nSPS) is 35.7. The minimum absolute atomic E-state index is 0.118. The largest absolute Gasteiger partial charge is 0.481 e. The molecule has 0 heterocycles. The molecule has 0 amide bonds. The van der Waals surface area contributed by atoms with Gasteiger partial charge in [-0.3, -0.25) is 4.79 Å². The van der Waals surface area contributed by atoms with Crippen molar-refractivity contribution >= 4 is 5.97 Å². The van der Waals surface area contributed by atoms with E-state index in [0.717, 1.165) is 31.7 Å². The Morgan fingerprint density at radius 1 is 1.35 bits per heavy atom. The van der Waals surface area contributed by atoms with Gasteiger partial charge in [0, 0.05) is 6.04 Å². The summed E-state index contributed by atoms with van der Waals surface area (Å²) in [5.74, 6) is 1.11. The van der Waals surface area contributed by atoms with Crippen LogP contribution in [0, 0.1) is 23.7 Å². The second kappa shape index (κ2) is 5.38. The summed E-state index contributed by atoms with van der Waals surface area (Å²) in [6.45, 7) is 5.45. The van der Waals surface area contributed by atoms with Crippen LogP contribution >= 0.6 is 0 Å². The first-order chi connectivity index (χ1) is 8.09. The summed E-state index contributed by atoms with van der Waals surface area (Å²) < 4.78 is 0. The summed E-state index contributed by atoms with van der Waals surface area (Å²) in [6.07, 6.45) is 5.89. The number of aliphatic carboxylic acids is 1. The Hall–Kier alpha value is -0.570. The molecule has 2 bridgehead atoms. The van der Waals surface area contributed by atoms with Crippen molar-refractivity contribution in [3.63, 3.8) is 0 Å². The molecule has 3 nitrogen and oxygen atoms in total. The van der Waals surface area contributed by atoms with E-state index >= 15 is 0 Å². The molecule has 0 aromatic rings. The summed E-state index contributed by atoms with van der Waals surface area (Å²) >= 11 is 0. The fourth-order valence-electron chi connectivity index (χ4n) is 3.72. The number of hydrogen-bond donors (Lipinski definition) is 2. The van der Waals surface area contributed by atoms with Crippen molar-refractivity contribution in [2.45, 2.75) is 52.0 Å². The van der Waals surface area contributed by atoms with Gasteiger partial charge in [-0.15, -0.1) is 0 Å². The second-order valence-electron chi connectivity index (χ2n) is 6.21. The zero-order chi connectivity index (χ0) is 12.4. The van der Waals surface area contributed by atoms with Crippen molar-refractivity contribution in [1.82, 2.24) is 5.32 Å². The maximum atomic E-state index is 11.3. The molecule has 2 fully saturated rings. The molecule has 0 aromatic carbocycles. The minimum Gasteiger partial charge on any atom is -0.481 e. The van der Waals surface area contributed by atoms with Crippen LogP contribution in [0.3, 0.4) is 0 Å². The molecule has 17 heavy (non-hydrogen) atoms. The van der Waals surface area contributed by atoms with Crippen LogP contribution in [0.2, 0.25) is 0 Å². The van der Waals surface area contributed by atoms with E-state index in [1.54, 1.807) is 0 Å². The van der Waals surface area contributed by atoms with Crippen molar-refractivity contribution in [2.24, 2.45) is 23.7 Å². The Bertz CT molecular complexity index is 277. The van der Waals surface area contributed by atoms with Gasteiger partial charge in [0.25, 0.3) is 0 Å². The van der Waals surface area contributed by atoms with Crippen LogP contribution < -0.4 is 5.32 Å². The van der Waals surface area contributed by atoms with E-state index in [0.29, 0.717) is 11.8 Å². The number of hydrogen-bond acceptors (Lipinski definition) is 2. The fraction of sp³-hybridized carbons (Fsp3) is 0.929. The van der Waals surface area contributed by atoms with Gasteiger partial charge in [0.1, 0.15) is 0 Å². The maximum Gasteiger partial charge on any atom is 0.308 e. The van der Waals surface area contributed by atoms with E-state index in [-0.39, 0.29) is 12.0 Å². The standard InChI is InChI=1S/C14H25NO2/c1-9(2)4-3-7-15-13-11-6-5-10(8-11)12(13)14(16)17/h9-13,15H,3-8H2,1-2H3,(H,16,17). The van der Waals surface area contributed by atoms with Crippen LogP contribution in [0.25, 0.3) is 0 Å². The summed E-state index contributed by atoms with van der Waals surface area (Å²) in [5, 5.41) is 12.8. The Morgan fingerprint density at radius 3 is 2.71 bits per heavy atom. The SMILES string of the molecule is CC(C)CCCNC1C2CCC(C2)C1C(=O)O. The lowest BCUT2D eigenvalue weighted by Crippen LogP contribution is -2.44. The van der Waals surface area contributed by atoms with Gasteiger partial charge in [-0.25, -0.2) is 0 Å². The van der Waals surface area contributed by atoms with Crippen molar-refractivity contribution in [1.29, 1.82) is 0 Å². The first kappa shape index (κ1) is 12.9. The smallest absolute Gasteiger partial charge is 0.308 e. The Labute approximate surface area is 104 Å². The first-order valence-corrected chi connectivity index (χ1v) is 7.05. The highest BCUT2D eigenvalue weighted by atomic mass is 16.4. The van der Waals surface area contributed by atoms with Crippen LogP contribution in [-0.4, -0.2) is 23.7 Å². The molecule has 0 spiro atoms. The van der Waals surface area contributed by atoms with Crippen LogP contribution in [0.15, 0.2) is 0 Å². The number of carboxylic acids is 1. The summed E-state index contributed by atoms with van der Waals surface area (Å²) in [6, 6.07) is 0.249. The van der Waals surface area contributed by atoms with Crippen LogP contribution in [0.1, 0.15) is 46.0 Å². The average molecular weight is 239 g/mol. The molecule has 0 aliphatic heterocycles. The van der Waals surface area contributed by atoms with Gasteiger partial charge in [0.05, 0.1) is 5.92 Å². The van der Waals surface area contributed by atoms with Crippen molar-refractivity contribution in [3.8, 4) is 0 Å². The topological polar surface area (TPSA) is 49.3 Å². The molecule has 2 rings (SSSR count). The number of nitrogens with one attached hydrogen (secondary N) is 1. The highest BCUT2D eigenvalue weighted by molar-refractivity contribution is 5.72. The molecular weight excluding hydrogens is 214 g/mol. The summed E-state index contributed by atoms with van der Waals surface area (Å²) in [5.41, 5.74) is 0. The minimum atomic E-state index is -0.585. The third-order valence-electron chi connectivity index (χ3n) is 4.54. The number of fused-ring (bicyclic) bond motifs is 2. The Kier molecular flexibility index (Phi) is 4.08. The molecule has 2 aliphatic rings. The van der Waals surface area contributed by atoms with Crippen molar-refractivity contribution in [2.75, 3.05) is 6.54 Å². The molecule has 2 N–H and O–H groups in total. The van der Waals surface area contributed by atoms with E-state index in [1.807, 2.05) is 0 Å². The first-order valence-electron chi connectivity index (χ1n) is 7.05. The van der Waals surface area contributed by atoms with Gasteiger partial charge < -0.3 is 10.4 Å². The highest BCUT2D eigenvalue weighted by Gasteiger charge is 2.50. The van der Waals surface area contributed by atoms with E-state index in [9.17, 15) is 9.90 Å². The van der Waals surface area contributed by atoms with E-state index in [4.69, 9.17) is 0 Å². The van der Waals surface area contributed by atoms with Gasteiger partial charge in [-0.2, -0.15) is 0 Å². The summed E-state index contributed by atoms with van der Waals surface area (Å²) in [4.78, 5) is 11.3. The lowest BCUT2D eigenvalue weighted by molar-refractivity contribution is -0.144. The third kappa shape index (κ3) is 2.82. The Balaban J connectivity index is 1.80. The number of carbonyl (C=O) groups is 1.